The molecule has 5 nitrogen and oxygen atoms in total. The third kappa shape index (κ3) is 6.85. The van der Waals surface area contributed by atoms with Crippen molar-refractivity contribution in [3.63, 3.8) is 0 Å². The first-order valence-electron chi connectivity index (χ1n) is 6.92. The molecule has 0 heterocycles. The van der Waals surface area contributed by atoms with Crippen LogP contribution in [0.3, 0.4) is 0 Å². The molecule has 1 saturated carbocycles. The molecule has 0 aromatic heterocycles. The van der Waals surface area contributed by atoms with Crippen LogP contribution < -0.4 is 5.32 Å². The van der Waals surface area contributed by atoms with E-state index < -0.39 is 5.97 Å². The second-order valence-electron chi connectivity index (χ2n) is 4.74. The minimum Gasteiger partial charge on any atom is -0.481 e. The standard InChI is InChI=1S/C13H23NO4S2/c1-18-11-5-3-2-4-10(11)13(17)14-7-9-20-19-8-6-12(15)16/h10-11H,2-9H2,1H3,(H,14,17)(H,15,16). The maximum atomic E-state index is 12.1. The first kappa shape index (κ1) is 17.7. The SMILES string of the molecule is COC1CCCCC1C(=O)NCCSSCCC(=O)O. The second kappa shape index (κ2) is 10.3. The lowest BCUT2D eigenvalue weighted by Gasteiger charge is -2.29. The molecular weight excluding hydrogens is 298 g/mol. The monoisotopic (exact) mass is 321 g/mol. The van der Waals surface area contributed by atoms with Crippen LogP contribution in [0.25, 0.3) is 0 Å². The van der Waals surface area contributed by atoms with Crippen molar-refractivity contribution in [3.8, 4) is 0 Å². The lowest BCUT2D eigenvalue weighted by atomic mass is 9.86. The average Bonchev–Trinajstić information content (AvgIpc) is 2.45. The minimum atomic E-state index is -0.769. The van der Waals surface area contributed by atoms with Crippen LogP contribution in [0, 0.1) is 5.92 Å². The Bertz CT molecular complexity index is 315. The third-order valence-corrected chi connectivity index (χ3v) is 5.72. The van der Waals surface area contributed by atoms with Gasteiger partial charge in [-0.3, -0.25) is 9.59 Å². The van der Waals surface area contributed by atoms with E-state index in [1.807, 2.05) is 0 Å². The van der Waals surface area contributed by atoms with Crippen molar-refractivity contribution in [2.24, 2.45) is 5.92 Å². The molecule has 2 N–H and O–H groups in total. The Morgan fingerprint density at radius 1 is 1.25 bits per heavy atom. The maximum absolute atomic E-state index is 12.1. The van der Waals surface area contributed by atoms with E-state index in [2.05, 4.69) is 5.32 Å². The van der Waals surface area contributed by atoms with Gasteiger partial charge in [0.1, 0.15) is 0 Å². The highest BCUT2D eigenvalue weighted by molar-refractivity contribution is 8.76. The van der Waals surface area contributed by atoms with Crippen molar-refractivity contribution >= 4 is 33.5 Å². The van der Waals surface area contributed by atoms with Crippen molar-refractivity contribution < 1.29 is 19.4 Å². The number of carboxylic acids is 1. The number of aliphatic carboxylic acids is 1. The number of nitrogens with one attached hydrogen (secondary N) is 1. The molecule has 1 fully saturated rings. The van der Waals surface area contributed by atoms with Crippen LogP contribution in [0.5, 0.6) is 0 Å². The Morgan fingerprint density at radius 2 is 1.95 bits per heavy atom. The van der Waals surface area contributed by atoms with Crippen LogP contribution in [0.4, 0.5) is 0 Å². The van der Waals surface area contributed by atoms with E-state index in [-0.39, 0.29) is 24.3 Å². The summed E-state index contributed by atoms with van der Waals surface area (Å²) >= 11 is 0. The molecule has 1 rings (SSSR count). The van der Waals surface area contributed by atoms with Crippen molar-refractivity contribution in [1.82, 2.24) is 5.32 Å². The molecule has 20 heavy (non-hydrogen) atoms. The molecule has 0 saturated heterocycles. The van der Waals surface area contributed by atoms with Crippen LogP contribution in [0.15, 0.2) is 0 Å². The molecular formula is C13H23NO4S2. The zero-order chi connectivity index (χ0) is 14.8. The minimum absolute atomic E-state index is 0.0154. The summed E-state index contributed by atoms with van der Waals surface area (Å²) in [6, 6.07) is 0. The van der Waals surface area contributed by atoms with Gasteiger partial charge in [0.15, 0.2) is 0 Å². The van der Waals surface area contributed by atoms with Gasteiger partial charge in [0.2, 0.25) is 5.91 Å². The number of hydrogen-bond donors (Lipinski definition) is 2. The van der Waals surface area contributed by atoms with Crippen molar-refractivity contribution in [2.75, 3.05) is 25.2 Å². The number of carbonyl (C=O) groups is 2. The van der Waals surface area contributed by atoms with Gasteiger partial charge < -0.3 is 15.2 Å². The van der Waals surface area contributed by atoms with Gasteiger partial charge >= 0.3 is 5.97 Å². The highest BCUT2D eigenvalue weighted by Crippen LogP contribution is 2.26. The predicted molar refractivity (Wildman–Crippen MR) is 82.9 cm³/mol. The van der Waals surface area contributed by atoms with Crippen molar-refractivity contribution in [3.05, 3.63) is 0 Å². The van der Waals surface area contributed by atoms with Gasteiger partial charge in [-0.2, -0.15) is 0 Å². The number of carbonyl (C=O) groups excluding carboxylic acids is 1. The highest BCUT2D eigenvalue weighted by Gasteiger charge is 2.30. The Hall–Kier alpha value is -0.400. The zero-order valence-corrected chi connectivity index (χ0v) is 13.4. The van der Waals surface area contributed by atoms with Crippen LogP contribution in [0.2, 0.25) is 0 Å². The first-order chi connectivity index (χ1) is 9.65. The molecule has 0 bridgehead atoms. The first-order valence-corrected chi connectivity index (χ1v) is 9.40. The average molecular weight is 321 g/mol. The molecule has 116 valence electrons. The third-order valence-electron chi connectivity index (χ3n) is 3.31. The largest absolute Gasteiger partial charge is 0.481 e. The maximum Gasteiger partial charge on any atom is 0.304 e. The lowest BCUT2D eigenvalue weighted by Crippen LogP contribution is -2.41. The van der Waals surface area contributed by atoms with Gasteiger partial charge in [-0.25, -0.2) is 0 Å². The predicted octanol–water partition coefficient (Wildman–Crippen LogP) is 2.16. The fraction of sp³-hybridized carbons (Fsp3) is 0.846. The van der Waals surface area contributed by atoms with Gasteiger partial charge in [-0.15, -0.1) is 0 Å². The van der Waals surface area contributed by atoms with E-state index in [1.165, 1.54) is 10.8 Å². The van der Waals surface area contributed by atoms with Crippen molar-refractivity contribution in [2.45, 2.75) is 38.2 Å². The van der Waals surface area contributed by atoms with E-state index in [9.17, 15) is 9.59 Å². The summed E-state index contributed by atoms with van der Waals surface area (Å²) in [5, 5.41) is 11.4. The van der Waals surface area contributed by atoms with E-state index in [1.54, 1.807) is 17.9 Å². The van der Waals surface area contributed by atoms with Gasteiger partial charge in [-0.1, -0.05) is 34.4 Å². The normalized spacial score (nSPS) is 22.4. The number of ether oxygens (including phenoxy) is 1. The van der Waals surface area contributed by atoms with E-state index in [0.29, 0.717) is 12.3 Å². The lowest BCUT2D eigenvalue weighted by molar-refractivity contribution is -0.136. The molecule has 0 aliphatic heterocycles. The summed E-state index contributed by atoms with van der Waals surface area (Å²) in [5.41, 5.74) is 0. The molecule has 2 atom stereocenters. The van der Waals surface area contributed by atoms with Gasteiger partial charge in [0.25, 0.3) is 0 Å². The number of rotatable bonds is 9. The summed E-state index contributed by atoms with van der Waals surface area (Å²) in [6.45, 7) is 0.622. The highest BCUT2D eigenvalue weighted by atomic mass is 33.1. The zero-order valence-electron chi connectivity index (χ0n) is 11.8. The molecule has 1 aliphatic carbocycles. The van der Waals surface area contributed by atoms with Gasteiger partial charge in [0, 0.05) is 25.2 Å². The number of methoxy groups -OCH3 is 1. The van der Waals surface area contributed by atoms with Crippen LogP contribution in [-0.4, -0.2) is 48.2 Å². The molecule has 0 aromatic rings. The summed E-state index contributed by atoms with van der Waals surface area (Å²) in [7, 11) is 4.80. The Morgan fingerprint density at radius 3 is 2.65 bits per heavy atom. The van der Waals surface area contributed by atoms with Crippen LogP contribution in [-0.2, 0) is 14.3 Å². The number of carboxylic acid groups (broad SMARTS) is 1. The molecule has 1 amide bonds. The molecule has 2 unspecified atom stereocenters. The van der Waals surface area contributed by atoms with Crippen LogP contribution >= 0.6 is 21.6 Å². The fourth-order valence-corrected chi connectivity index (χ4v) is 4.16. The molecule has 7 heteroatoms. The summed E-state index contributed by atoms with van der Waals surface area (Å²) in [4.78, 5) is 22.4. The molecule has 0 spiro atoms. The summed E-state index contributed by atoms with van der Waals surface area (Å²) in [5.74, 6) is 0.698. The Kier molecular flexibility index (Phi) is 9.13. The van der Waals surface area contributed by atoms with Crippen LogP contribution in [0.1, 0.15) is 32.1 Å². The van der Waals surface area contributed by atoms with Gasteiger partial charge in [-0.05, 0) is 12.8 Å². The summed E-state index contributed by atoms with van der Waals surface area (Å²) < 4.78 is 5.38. The van der Waals surface area contributed by atoms with Crippen molar-refractivity contribution in [1.29, 1.82) is 0 Å². The fourth-order valence-electron chi connectivity index (χ4n) is 2.27. The smallest absolute Gasteiger partial charge is 0.304 e. The molecule has 0 radical (unpaired) electrons. The van der Waals surface area contributed by atoms with E-state index in [4.69, 9.17) is 9.84 Å². The summed E-state index contributed by atoms with van der Waals surface area (Å²) in [6.07, 6.45) is 4.35. The Balaban J connectivity index is 2.08. The van der Waals surface area contributed by atoms with E-state index in [0.717, 1.165) is 31.4 Å². The molecule has 0 aromatic carbocycles. The quantitative estimate of drug-likeness (QED) is 0.501. The van der Waals surface area contributed by atoms with E-state index >= 15 is 0 Å². The topological polar surface area (TPSA) is 75.6 Å². The number of amides is 1. The number of hydrogen-bond acceptors (Lipinski definition) is 5. The Labute approximate surface area is 128 Å². The second-order valence-corrected chi connectivity index (χ2v) is 7.45. The van der Waals surface area contributed by atoms with Gasteiger partial charge in [0.05, 0.1) is 18.4 Å². The molecule has 1 aliphatic rings.